The molecular formula is C19H24N2O3S. The van der Waals surface area contributed by atoms with Gasteiger partial charge in [-0.15, -0.1) is 0 Å². The Balaban J connectivity index is 1.89. The molecule has 0 aliphatic carbocycles. The normalized spacial score (nSPS) is 16.7. The van der Waals surface area contributed by atoms with Crippen LogP contribution in [0.3, 0.4) is 0 Å². The molecule has 0 radical (unpaired) electrons. The number of rotatable bonds is 7. The van der Waals surface area contributed by atoms with Gasteiger partial charge in [-0.3, -0.25) is 0 Å². The Hall–Kier alpha value is -1.89. The van der Waals surface area contributed by atoms with Gasteiger partial charge in [0.1, 0.15) is 11.9 Å². The van der Waals surface area contributed by atoms with Gasteiger partial charge in [0.15, 0.2) is 0 Å². The van der Waals surface area contributed by atoms with E-state index in [1.54, 1.807) is 18.2 Å². The summed E-state index contributed by atoms with van der Waals surface area (Å²) in [6.45, 7) is 3.18. The molecule has 3 rings (SSSR count). The van der Waals surface area contributed by atoms with Gasteiger partial charge in [-0.2, -0.15) is 4.31 Å². The Kier molecular flexibility index (Phi) is 5.42. The summed E-state index contributed by atoms with van der Waals surface area (Å²) in [5, 5.41) is 0. The maximum absolute atomic E-state index is 13.2. The van der Waals surface area contributed by atoms with Crippen LogP contribution in [0.5, 0.6) is 5.75 Å². The first-order valence-corrected chi connectivity index (χ1v) is 9.98. The summed E-state index contributed by atoms with van der Waals surface area (Å²) in [5.74, 6) is 0.781. The second-order valence-electron chi connectivity index (χ2n) is 6.37. The lowest BCUT2D eigenvalue weighted by Gasteiger charge is -2.22. The second-order valence-corrected chi connectivity index (χ2v) is 8.31. The van der Waals surface area contributed by atoms with Crippen molar-refractivity contribution in [3.05, 3.63) is 59.7 Å². The summed E-state index contributed by atoms with van der Waals surface area (Å²) < 4.78 is 33.5. The minimum absolute atomic E-state index is 0.0885. The number of ether oxygens (including phenoxy) is 1. The van der Waals surface area contributed by atoms with Gasteiger partial charge in [-0.05, 0) is 49.2 Å². The predicted molar refractivity (Wildman–Crippen MR) is 97.9 cm³/mol. The van der Waals surface area contributed by atoms with Crippen LogP contribution in [0.15, 0.2) is 53.4 Å². The maximum Gasteiger partial charge on any atom is 0.243 e. The van der Waals surface area contributed by atoms with Crippen LogP contribution in [-0.4, -0.2) is 31.9 Å². The molecular weight excluding hydrogens is 336 g/mol. The maximum atomic E-state index is 13.2. The van der Waals surface area contributed by atoms with Crippen LogP contribution in [0.25, 0.3) is 0 Å². The standard InChI is InChI=1S/C19H24N2O3S/c1-15-12-17-13-18(8-9-19(17)24-15)25(22,23)21(11-5-10-20)14-16-6-3-2-4-7-16/h2-4,6-9,13,15H,5,10-12,14,20H2,1H3. The number of hydrogen-bond acceptors (Lipinski definition) is 4. The van der Waals surface area contributed by atoms with E-state index in [4.69, 9.17) is 10.5 Å². The second kappa shape index (κ2) is 7.56. The van der Waals surface area contributed by atoms with Crippen LogP contribution in [-0.2, 0) is 23.0 Å². The molecule has 0 aromatic heterocycles. The van der Waals surface area contributed by atoms with Gasteiger partial charge in [0, 0.05) is 19.5 Å². The van der Waals surface area contributed by atoms with Gasteiger partial charge in [0.05, 0.1) is 4.90 Å². The van der Waals surface area contributed by atoms with Gasteiger partial charge < -0.3 is 10.5 Å². The molecule has 5 nitrogen and oxygen atoms in total. The number of hydrogen-bond donors (Lipinski definition) is 1. The van der Waals surface area contributed by atoms with E-state index in [0.717, 1.165) is 23.3 Å². The van der Waals surface area contributed by atoms with E-state index in [2.05, 4.69) is 0 Å². The van der Waals surface area contributed by atoms with Crippen molar-refractivity contribution in [1.82, 2.24) is 4.31 Å². The largest absolute Gasteiger partial charge is 0.490 e. The summed E-state index contributed by atoms with van der Waals surface area (Å²) >= 11 is 0. The van der Waals surface area contributed by atoms with Crippen molar-refractivity contribution in [3.8, 4) is 5.75 Å². The minimum atomic E-state index is -3.59. The van der Waals surface area contributed by atoms with E-state index >= 15 is 0 Å². The first-order chi connectivity index (χ1) is 12.0. The lowest BCUT2D eigenvalue weighted by Crippen LogP contribution is -2.32. The van der Waals surface area contributed by atoms with Crippen molar-refractivity contribution in [2.45, 2.75) is 37.3 Å². The van der Waals surface area contributed by atoms with Crippen LogP contribution < -0.4 is 10.5 Å². The summed E-state index contributed by atoms with van der Waals surface area (Å²) in [7, 11) is -3.59. The average molecular weight is 360 g/mol. The van der Waals surface area contributed by atoms with Crippen LogP contribution in [0, 0.1) is 0 Å². The van der Waals surface area contributed by atoms with Crippen molar-refractivity contribution in [2.75, 3.05) is 13.1 Å². The summed E-state index contributed by atoms with van der Waals surface area (Å²) in [6, 6.07) is 14.8. The molecule has 1 atom stereocenters. The molecule has 2 aromatic rings. The van der Waals surface area contributed by atoms with E-state index in [9.17, 15) is 8.42 Å². The molecule has 6 heteroatoms. The van der Waals surface area contributed by atoms with Gasteiger partial charge in [-0.25, -0.2) is 8.42 Å². The van der Waals surface area contributed by atoms with Gasteiger partial charge >= 0.3 is 0 Å². The molecule has 134 valence electrons. The Bertz CT molecular complexity index is 822. The molecule has 0 saturated heterocycles. The van der Waals surface area contributed by atoms with Crippen LogP contribution in [0.2, 0.25) is 0 Å². The van der Waals surface area contributed by atoms with Gasteiger partial charge in [0.2, 0.25) is 10.0 Å². The quantitative estimate of drug-likeness (QED) is 0.824. The fourth-order valence-electron chi connectivity index (χ4n) is 3.05. The van der Waals surface area contributed by atoms with E-state index in [0.29, 0.717) is 31.0 Å². The smallest absolute Gasteiger partial charge is 0.243 e. The van der Waals surface area contributed by atoms with E-state index in [1.165, 1.54) is 4.31 Å². The number of fused-ring (bicyclic) bond motifs is 1. The SMILES string of the molecule is CC1Cc2cc(S(=O)(=O)N(CCCN)Cc3ccccc3)ccc2O1. The topological polar surface area (TPSA) is 72.6 Å². The monoisotopic (exact) mass is 360 g/mol. The fourth-order valence-corrected chi connectivity index (χ4v) is 4.56. The zero-order valence-electron chi connectivity index (χ0n) is 14.4. The Morgan fingerprint density at radius 1 is 1.20 bits per heavy atom. The molecule has 0 bridgehead atoms. The molecule has 2 aromatic carbocycles. The molecule has 0 amide bonds. The third-order valence-electron chi connectivity index (χ3n) is 4.32. The van der Waals surface area contributed by atoms with Crippen LogP contribution in [0.1, 0.15) is 24.5 Å². The van der Waals surface area contributed by atoms with Gasteiger partial charge in [-0.1, -0.05) is 30.3 Å². The number of nitrogens with two attached hydrogens (primary N) is 1. The molecule has 1 heterocycles. The fraction of sp³-hybridized carbons (Fsp3) is 0.368. The Morgan fingerprint density at radius 3 is 2.68 bits per heavy atom. The van der Waals surface area contributed by atoms with E-state index in [1.807, 2.05) is 37.3 Å². The van der Waals surface area contributed by atoms with Crippen molar-refractivity contribution < 1.29 is 13.2 Å². The van der Waals surface area contributed by atoms with Crippen molar-refractivity contribution in [3.63, 3.8) is 0 Å². The van der Waals surface area contributed by atoms with Crippen molar-refractivity contribution in [2.24, 2.45) is 5.73 Å². The third-order valence-corrected chi connectivity index (χ3v) is 6.16. The van der Waals surface area contributed by atoms with E-state index in [-0.39, 0.29) is 6.10 Å². The lowest BCUT2D eigenvalue weighted by molar-refractivity contribution is 0.254. The molecule has 0 fully saturated rings. The Labute approximate surface area is 149 Å². The average Bonchev–Trinajstić information content (AvgIpc) is 2.98. The molecule has 1 unspecified atom stereocenters. The van der Waals surface area contributed by atoms with E-state index < -0.39 is 10.0 Å². The molecule has 1 aliphatic heterocycles. The highest BCUT2D eigenvalue weighted by Crippen LogP contribution is 2.31. The number of benzene rings is 2. The van der Waals surface area contributed by atoms with Crippen molar-refractivity contribution >= 4 is 10.0 Å². The first-order valence-electron chi connectivity index (χ1n) is 8.54. The highest BCUT2D eigenvalue weighted by Gasteiger charge is 2.27. The third kappa shape index (κ3) is 4.03. The van der Waals surface area contributed by atoms with Crippen molar-refractivity contribution in [1.29, 1.82) is 0 Å². The highest BCUT2D eigenvalue weighted by atomic mass is 32.2. The molecule has 1 aliphatic rings. The zero-order valence-corrected chi connectivity index (χ0v) is 15.2. The van der Waals surface area contributed by atoms with Gasteiger partial charge in [0.25, 0.3) is 0 Å². The highest BCUT2D eigenvalue weighted by molar-refractivity contribution is 7.89. The zero-order chi connectivity index (χ0) is 17.9. The molecule has 0 spiro atoms. The summed E-state index contributed by atoms with van der Waals surface area (Å²) in [5.41, 5.74) is 7.51. The lowest BCUT2D eigenvalue weighted by atomic mass is 10.1. The number of nitrogens with zero attached hydrogens (tertiary/aromatic N) is 1. The molecule has 2 N–H and O–H groups in total. The molecule has 0 saturated carbocycles. The predicted octanol–water partition coefficient (Wildman–Crippen LogP) is 2.55. The number of sulfonamides is 1. The van der Waals surface area contributed by atoms with Crippen LogP contribution in [0.4, 0.5) is 0 Å². The Morgan fingerprint density at radius 2 is 1.96 bits per heavy atom. The van der Waals surface area contributed by atoms with Crippen LogP contribution >= 0.6 is 0 Å². The summed E-state index contributed by atoms with van der Waals surface area (Å²) in [4.78, 5) is 0.317. The first kappa shape index (κ1) is 17.9. The minimum Gasteiger partial charge on any atom is -0.490 e. The summed E-state index contributed by atoms with van der Waals surface area (Å²) in [6.07, 6.45) is 1.45. The molecule has 25 heavy (non-hydrogen) atoms.